The van der Waals surface area contributed by atoms with Crippen molar-refractivity contribution < 1.29 is 9.59 Å². The number of benzene rings is 2. The van der Waals surface area contributed by atoms with Crippen LogP contribution in [0.5, 0.6) is 0 Å². The van der Waals surface area contributed by atoms with Crippen LogP contribution in [-0.2, 0) is 11.3 Å². The van der Waals surface area contributed by atoms with Crippen LogP contribution in [0.3, 0.4) is 0 Å². The standard InChI is InChI=1S/C21H23N5O2.HI/c1-21(15-10-11-15)18(27)26(20(28)25-21)17-9-5-6-14(12-17)13-23-19(22)24-16-7-3-2-4-8-16;/h2-9,12,15H,10-11,13H2,1H3,(H,25,28)(H3,22,23,24);1H. The van der Waals surface area contributed by atoms with E-state index in [-0.39, 0.29) is 41.8 Å². The van der Waals surface area contributed by atoms with Gasteiger partial charge in [-0.15, -0.1) is 24.0 Å². The number of halogens is 1. The van der Waals surface area contributed by atoms with Crippen molar-refractivity contribution >= 4 is 53.2 Å². The van der Waals surface area contributed by atoms with Gasteiger partial charge >= 0.3 is 6.03 Å². The minimum absolute atomic E-state index is 0. The highest BCUT2D eigenvalue weighted by Crippen LogP contribution is 2.43. The van der Waals surface area contributed by atoms with Crippen LogP contribution in [0.1, 0.15) is 25.3 Å². The summed E-state index contributed by atoms with van der Waals surface area (Å²) in [5, 5.41) is 5.89. The second kappa shape index (κ2) is 8.40. The number of amides is 3. The van der Waals surface area contributed by atoms with E-state index in [0.717, 1.165) is 24.1 Å². The van der Waals surface area contributed by atoms with Crippen LogP contribution >= 0.6 is 24.0 Å². The number of para-hydroxylation sites is 1. The van der Waals surface area contributed by atoms with Gasteiger partial charge in [0.2, 0.25) is 0 Å². The van der Waals surface area contributed by atoms with Crippen LogP contribution in [-0.4, -0.2) is 23.4 Å². The molecule has 1 atom stereocenters. The van der Waals surface area contributed by atoms with Crippen molar-refractivity contribution in [3.63, 3.8) is 0 Å². The van der Waals surface area contributed by atoms with E-state index >= 15 is 0 Å². The van der Waals surface area contributed by atoms with Crippen LogP contribution in [0.15, 0.2) is 59.6 Å². The summed E-state index contributed by atoms with van der Waals surface area (Å²) in [5.74, 6) is 0.337. The van der Waals surface area contributed by atoms with Gasteiger partial charge in [0.15, 0.2) is 5.96 Å². The average molecular weight is 505 g/mol. The third kappa shape index (κ3) is 4.36. The smallest absolute Gasteiger partial charge is 0.329 e. The topological polar surface area (TPSA) is 99.8 Å². The molecule has 0 bridgehead atoms. The molecule has 1 heterocycles. The maximum Gasteiger partial charge on any atom is 0.329 e. The van der Waals surface area contributed by atoms with Crippen LogP contribution < -0.4 is 21.3 Å². The quantitative estimate of drug-likeness (QED) is 0.251. The van der Waals surface area contributed by atoms with E-state index in [1.807, 2.05) is 49.4 Å². The number of nitrogens with one attached hydrogen (secondary N) is 2. The second-order valence-electron chi connectivity index (χ2n) is 7.41. The highest BCUT2D eigenvalue weighted by Gasteiger charge is 2.56. The fourth-order valence-electron chi connectivity index (χ4n) is 3.51. The molecule has 0 radical (unpaired) electrons. The number of carbonyl (C=O) groups excluding carboxylic acids is 2. The molecule has 1 unspecified atom stereocenters. The van der Waals surface area contributed by atoms with Crippen molar-refractivity contribution in [1.29, 1.82) is 0 Å². The van der Waals surface area contributed by atoms with Gasteiger partial charge in [0.25, 0.3) is 5.91 Å². The highest BCUT2D eigenvalue weighted by molar-refractivity contribution is 14.0. The number of urea groups is 1. The van der Waals surface area contributed by atoms with Crippen molar-refractivity contribution in [2.24, 2.45) is 16.6 Å². The number of nitrogens with zero attached hydrogens (tertiary/aromatic N) is 2. The molecule has 2 fully saturated rings. The summed E-state index contributed by atoms with van der Waals surface area (Å²) >= 11 is 0. The molecule has 8 heteroatoms. The SMILES string of the molecule is CC1(C2CC2)NC(=O)N(c2cccc(CN=C(N)Nc3ccccc3)c2)C1=O.I. The first-order valence-corrected chi connectivity index (χ1v) is 9.35. The molecule has 0 aromatic heterocycles. The van der Waals surface area contributed by atoms with Crippen molar-refractivity contribution in [2.45, 2.75) is 31.8 Å². The Hall–Kier alpha value is -2.62. The Morgan fingerprint density at radius 1 is 1.21 bits per heavy atom. The highest BCUT2D eigenvalue weighted by atomic mass is 127. The van der Waals surface area contributed by atoms with Gasteiger partial charge in [0.1, 0.15) is 5.54 Å². The van der Waals surface area contributed by atoms with Crippen molar-refractivity contribution in [3.8, 4) is 0 Å². The molecule has 1 saturated carbocycles. The van der Waals surface area contributed by atoms with E-state index in [9.17, 15) is 9.59 Å². The van der Waals surface area contributed by atoms with Crippen LogP contribution in [0.4, 0.5) is 16.2 Å². The summed E-state index contributed by atoms with van der Waals surface area (Å²) < 4.78 is 0. The molecule has 7 nitrogen and oxygen atoms in total. The number of aliphatic imine (C=N–C) groups is 1. The monoisotopic (exact) mass is 505 g/mol. The fourth-order valence-corrected chi connectivity index (χ4v) is 3.51. The van der Waals surface area contributed by atoms with Gasteiger partial charge in [-0.1, -0.05) is 30.3 Å². The predicted octanol–water partition coefficient (Wildman–Crippen LogP) is 3.46. The summed E-state index contributed by atoms with van der Waals surface area (Å²) in [4.78, 5) is 30.9. The third-order valence-electron chi connectivity index (χ3n) is 5.26. The molecule has 0 spiro atoms. The zero-order valence-corrected chi connectivity index (χ0v) is 18.4. The molecule has 4 N–H and O–H groups in total. The Kier molecular flexibility index (Phi) is 6.11. The largest absolute Gasteiger partial charge is 0.370 e. The molecule has 1 saturated heterocycles. The lowest BCUT2D eigenvalue weighted by Gasteiger charge is -2.21. The Balaban J connectivity index is 0.00000240. The third-order valence-corrected chi connectivity index (χ3v) is 5.26. The van der Waals surface area contributed by atoms with Gasteiger partial charge < -0.3 is 16.4 Å². The van der Waals surface area contributed by atoms with Gasteiger partial charge in [0.05, 0.1) is 12.2 Å². The fraction of sp³-hybridized carbons (Fsp3) is 0.286. The molecule has 29 heavy (non-hydrogen) atoms. The summed E-state index contributed by atoms with van der Waals surface area (Å²) in [6.07, 6.45) is 1.94. The van der Waals surface area contributed by atoms with Crippen LogP contribution in [0.25, 0.3) is 0 Å². The van der Waals surface area contributed by atoms with Crippen molar-refractivity contribution in [3.05, 3.63) is 60.2 Å². The number of imide groups is 1. The lowest BCUT2D eigenvalue weighted by Crippen LogP contribution is -2.46. The number of guanidine groups is 1. The molecule has 4 rings (SSSR count). The molecule has 2 aromatic rings. The molecule has 2 aliphatic rings. The van der Waals surface area contributed by atoms with Gasteiger partial charge in [0, 0.05) is 5.69 Å². The molecule has 1 aliphatic carbocycles. The number of anilines is 2. The maximum atomic E-state index is 12.9. The number of nitrogens with two attached hydrogens (primary N) is 1. The maximum absolute atomic E-state index is 12.9. The summed E-state index contributed by atoms with van der Waals surface area (Å²) in [6, 6.07) is 16.4. The zero-order chi connectivity index (χ0) is 19.7. The molecule has 3 amide bonds. The zero-order valence-electron chi connectivity index (χ0n) is 16.1. The lowest BCUT2D eigenvalue weighted by atomic mass is 9.96. The van der Waals surface area contributed by atoms with Gasteiger partial charge in [-0.3, -0.25) is 4.79 Å². The summed E-state index contributed by atoms with van der Waals surface area (Å²) in [6.45, 7) is 2.15. The first-order valence-electron chi connectivity index (χ1n) is 9.35. The van der Waals surface area contributed by atoms with Crippen molar-refractivity contribution in [2.75, 3.05) is 10.2 Å². The van der Waals surface area contributed by atoms with E-state index in [4.69, 9.17) is 5.73 Å². The Morgan fingerprint density at radius 3 is 2.62 bits per heavy atom. The minimum Gasteiger partial charge on any atom is -0.370 e. The van der Waals surface area contributed by atoms with E-state index in [0.29, 0.717) is 18.2 Å². The Bertz CT molecular complexity index is 945. The Morgan fingerprint density at radius 2 is 1.93 bits per heavy atom. The molecule has 2 aromatic carbocycles. The number of rotatable bonds is 5. The average Bonchev–Trinajstić information content (AvgIpc) is 3.50. The summed E-state index contributed by atoms with van der Waals surface area (Å²) in [5.41, 5.74) is 7.41. The van der Waals surface area contributed by atoms with E-state index in [1.54, 1.807) is 12.1 Å². The van der Waals surface area contributed by atoms with Crippen molar-refractivity contribution in [1.82, 2.24) is 5.32 Å². The van der Waals surface area contributed by atoms with E-state index in [1.165, 1.54) is 4.90 Å². The van der Waals surface area contributed by atoms with Gasteiger partial charge in [-0.25, -0.2) is 14.7 Å². The molecule has 152 valence electrons. The lowest BCUT2D eigenvalue weighted by molar-refractivity contribution is -0.122. The Labute approximate surface area is 186 Å². The number of hydrogen-bond acceptors (Lipinski definition) is 3. The van der Waals surface area contributed by atoms with E-state index in [2.05, 4.69) is 15.6 Å². The van der Waals surface area contributed by atoms with Gasteiger partial charge in [-0.2, -0.15) is 0 Å². The molecular formula is C21H24IN5O2. The van der Waals surface area contributed by atoms with Gasteiger partial charge in [-0.05, 0) is 55.5 Å². The van der Waals surface area contributed by atoms with E-state index < -0.39 is 5.54 Å². The second-order valence-corrected chi connectivity index (χ2v) is 7.41. The van der Waals surface area contributed by atoms with Crippen LogP contribution in [0.2, 0.25) is 0 Å². The number of carbonyl (C=O) groups is 2. The minimum atomic E-state index is -0.796. The first kappa shape index (κ1) is 21.1. The normalized spacial score (nSPS) is 21.6. The first-order chi connectivity index (χ1) is 13.5. The summed E-state index contributed by atoms with van der Waals surface area (Å²) in [7, 11) is 0. The predicted molar refractivity (Wildman–Crippen MR) is 124 cm³/mol. The molecule has 1 aliphatic heterocycles. The molecular weight excluding hydrogens is 481 g/mol. The number of hydrogen-bond donors (Lipinski definition) is 3. The van der Waals surface area contributed by atoms with Crippen LogP contribution in [0, 0.1) is 5.92 Å².